The van der Waals surface area contributed by atoms with Gasteiger partial charge in [0, 0.05) is 17.5 Å². The maximum absolute atomic E-state index is 15.3. The monoisotopic (exact) mass is 534 g/mol. The second kappa shape index (κ2) is 9.04. The molecule has 2 heterocycles. The quantitative estimate of drug-likeness (QED) is 0.549. The van der Waals surface area contributed by atoms with Gasteiger partial charge < -0.3 is 9.47 Å². The lowest BCUT2D eigenvalue weighted by atomic mass is 9.75. The first kappa shape index (κ1) is 25.3. The Labute approximate surface area is 203 Å². The predicted molar refractivity (Wildman–Crippen MR) is 124 cm³/mol. The van der Waals surface area contributed by atoms with Gasteiger partial charge in [-0.2, -0.15) is 0 Å². The second-order valence-electron chi connectivity index (χ2n) is 8.86. The van der Waals surface area contributed by atoms with Crippen LogP contribution in [0.15, 0.2) is 41.3 Å². The largest absolute Gasteiger partial charge is 0.490 e. The lowest BCUT2D eigenvalue weighted by Crippen LogP contribution is -2.57. The Balaban J connectivity index is 1.90. The van der Waals surface area contributed by atoms with Crippen LogP contribution >= 0.6 is 11.6 Å². The van der Waals surface area contributed by atoms with Crippen molar-refractivity contribution in [2.24, 2.45) is 5.92 Å². The predicted octanol–water partition coefficient (Wildman–Crippen LogP) is 4.30. The highest BCUT2D eigenvalue weighted by atomic mass is 35.5. The average Bonchev–Trinajstić information content (AvgIpc) is 2.79. The van der Waals surface area contributed by atoms with Gasteiger partial charge in [-0.25, -0.2) is 25.6 Å². The molecule has 0 aromatic heterocycles. The van der Waals surface area contributed by atoms with Crippen molar-refractivity contribution in [2.45, 2.75) is 47.7 Å². The van der Waals surface area contributed by atoms with Crippen molar-refractivity contribution in [1.82, 2.24) is 0 Å². The first-order valence-electron chi connectivity index (χ1n) is 10.9. The van der Waals surface area contributed by atoms with Gasteiger partial charge in [-0.3, -0.25) is 0 Å². The molecule has 1 saturated heterocycles. The van der Waals surface area contributed by atoms with Gasteiger partial charge in [0.2, 0.25) is 0 Å². The topological polar surface area (TPSA) is 86.7 Å². The Morgan fingerprint density at radius 2 is 1.71 bits per heavy atom. The summed E-state index contributed by atoms with van der Waals surface area (Å²) in [4.78, 5) is -0.103. The SMILES string of the molecule is CC(C)S(=O)(=O)CCC1OCCC2(S(=O)(=O)c3ccc(Cl)cc3)c3c(F)ccc(F)c3OCC12. The van der Waals surface area contributed by atoms with E-state index in [1.54, 1.807) is 13.8 Å². The van der Waals surface area contributed by atoms with Crippen LogP contribution in [0.3, 0.4) is 0 Å². The Morgan fingerprint density at radius 3 is 2.35 bits per heavy atom. The zero-order valence-corrected chi connectivity index (χ0v) is 21.0. The third-order valence-electron chi connectivity index (χ3n) is 6.75. The van der Waals surface area contributed by atoms with Crippen LogP contribution in [-0.4, -0.2) is 47.2 Å². The normalized spacial score (nSPS) is 24.9. The average molecular weight is 535 g/mol. The van der Waals surface area contributed by atoms with Gasteiger partial charge in [0.05, 0.1) is 34.2 Å². The van der Waals surface area contributed by atoms with Crippen molar-refractivity contribution in [3.05, 3.63) is 58.6 Å². The first-order valence-corrected chi connectivity index (χ1v) is 14.4. The van der Waals surface area contributed by atoms with E-state index in [1.165, 1.54) is 24.3 Å². The molecule has 2 aromatic carbocycles. The van der Waals surface area contributed by atoms with Crippen LogP contribution in [0, 0.1) is 17.6 Å². The van der Waals surface area contributed by atoms with Gasteiger partial charge >= 0.3 is 0 Å². The van der Waals surface area contributed by atoms with E-state index < -0.39 is 59.1 Å². The van der Waals surface area contributed by atoms with Crippen LogP contribution in [0.2, 0.25) is 5.02 Å². The van der Waals surface area contributed by atoms with E-state index in [0.29, 0.717) is 5.02 Å². The summed E-state index contributed by atoms with van der Waals surface area (Å²) >= 11 is 5.94. The number of hydrogen-bond donors (Lipinski definition) is 0. The molecule has 1 fully saturated rings. The van der Waals surface area contributed by atoms with E-state index in [-0.39, 0.29) is 42.3 Å². The van der Waals surface area contributed by atoms with E-state index in [4.69, 9.17) is 21.1 Å². The van der Waals surface area contributed by atoms with Gasteiger partial charge in [-0.15, -0.1) is 0 Å². The maximum Gasteiger partial charge on any atom is 0.189 e. The van der Waals surface area contributed by atoms with Crippen molar-refractivity contribution in [3.8, 4) is 5.75 Å². The minimum absolute atomic E-state index is 0.00129. The molecule has 2 aromatic rings. The molecule has 0 radical (unpaired) electrons. The fraction of sp³-hybridized carbons (Fsp3) is 0.478. The molecule has 2 aliphatic heterocycles. The van der Waals surface area contributed by atoms with Crippen molar-refractivity contribution < 1.29 is 35.1 Å². The molecule has 11 heteroatoms. The van der Waals surface area contributed by atoms with Gasteiger partial charge in [0.25, 0.3) is 0 Å². The van der Waals surface area contributed by atoms with Crippen LogP contribution in [-0.2, 0) is 29.2 Å². The molecule has 2 aliphatic rings. The number of hydrogen-bond acceptors (Lipinski definition) is 6. The third-order valence-corrected chi connectivity index (χ3v) is 11.8. The van der Waals surface area contributed by atoms with Crippen molar-refractivity contribution >= 4 is 31.3 Å². The Morgan fingerprint density at radius 1 is 1.06 bits per heavy atom. The first-order chi connectivity index (χ1) is 15.9. The van der Waals surface area contributed by atoms with Gasteiger partial charge in [-0.05, 0) is 63.1 Å². The molecule has 0 spiro atoms. The lowest BCUT2D eigenvalue weighted by molar-refractivity contribution is -0.0732. The molecule has 0 saturated carbocycles. The second-order valence-corrected chi connectivity index (χ2v) is 14.2. The van der Waals surface area contributed by atoms with E-state index in [0.717, 1.165) is 12.1 Å². The van der Waals surface area contributed by atoms with Crippen LogP contribution in [0.25, 0.3) is 0 Å². The Kier molecular flexibility index (Phi) is 6.74. The van der Waals surface area contributed by atoms with Crippen molar-refractivity contribution in [1.29, 1.82) is 0 Å². The summed E-state index contributed by atoms with van der Waals surface area (Å²) < 4.78 is 92.7. The van der Waals surface area contributed by atoms with E-state index in [9.17, 15) is 21.2 Å². The number of halogens is 3. The van der Waals surface area contributed by atoms with Crippen LogP contribution < -0.4 is 4.74 Å². The number of fused-ring (bicyclic) bond motifs is 3. The zero-order chi connectivity index (χ0) is 24.9. The summed E-state index contributed by atoms with van der Waals surface area (Å²) in [5.74, 6) is -3.42. The summed E-state index contributed by atoms with van der Waals surface area (Å²) in [6, 6.07) is 7.24. The molecule has 6 nitrogen and oxygen atoms in total. The number of ether oxygens (including phenoxy) is 2. The molecular weight excluding hydrogens is 510 g/mol. The molecule has 0 bridgehead atoms. The number of sulfone groups is 2. The summed E-state index contributed by atoms with van der Waals surface area (Å²) in [6.07, 6.45) is -1.01. The molecule has 3 atom stereocenters. The Bertz CT molecular complexity index is 1300. The fourth-order valence-corrected chi connectivity index (χ4v) is 8.35. The summed E-state index contributed by atoms with van der Waals surface area (Å²) in [7, 11) is -7.77. The summed E-state index contributed by atoms with van der Waals surface area (Å²) in [5, 5.41) is -0.296. The van der Waals surface area contributed by atoms with E-state index in [2.05, 4.69) is 0 Å². The standard InChI is InChI=1S/C23H25ClF2O6S2/c1-14(2)33(27,28)12-9-20-17-13-32-22-19(26)8-7-18(25)21(22)23(17,10-11-31-20)34(29,30)16-5-3-15(24)4-6-16/h3-8,14,17,20H,9-13H2,1-2H3. The summed E-state index contributed by atoms with van der Waals surface area (Å²) in [6.45, 7) is 2.77. The van der Waals surface area contributed by atoms with Gasteiger partial charge in [0.15, 0.2) is 31.2 Å². The third kappa shape index (κ3) is 4.02. The molecular formula is C23H25ClF2O6S2. The van der Waals surface area contributed by atoms with E-state index in [1.807, 2.05) is 0 Å². The molecule has 3 unspecified atom stereocenters. The highest BCUT2D eigenvalue weighted by Crippen LogP contribution is 2.55. The minimum Gasteiger partial charge on any atom is -0.490 e. The Hall–Kier alpha value is -1.75. The maximum atomic E-state index is 15.3. The van der Waals surface area contributed by atoms with Crippen LogP contribution in [0.4, 0.5) is 8.78 Å². The van der Waals surface area contributed by atoms with Crippen molar-refractivity contribution in [3.63, 3.8) is 0 Å². The lowest BCUT2D eigenvalue weighted by Gasteiger charge is -2.50. The highest BCUT2D eigenvalue weighted by Gasteiger charge is 2.61. The number of benzene rings is 2. The van der Waals surface area contributed by atoms with Gasteiger partial charge in [-0.1, -0.05) is 11.6 Å². The van der Waals surface area contributed by atoms with Crippen LogP contribution in [0.1, 0.15) is 32.3 Å². The van der Waals surface area contributed by atoms with Gasteiger partial charge in [0.1, 0.15) is 10.6 Å². The smallest absolute Gasteiger partial charge is 0.189 e. The molecule has 186 valence electrons. The molecule has 0 aliphatic carbocycles. The molecule has 34 heavy (non-hydrogen) atoms. The molecule has 4 rings (SSSR count). The fourth-order valence-electron chi connectivity index (χ4n) is 4.85. The highest BCUT2D eigenvalue weighted by molar-refractivity contribution is 7.92. The molecule has 0 N–H and O–H groups in total. The molecule has 0 amide bonds. The number of rotatable bonds is 6. The van der Waals surface area contributed by atoms with E-state index >= 15 is 4.39 Å². The summed E-state index contributed by atoms with van der Waals surface area (Å²) in [5.41, 5.74) is -0.376. The van der Waals surface area contributed by atoms with Crippen molar-refractivity contribution in [2.75, 3.05) is 19.0 Å². The zero-order valence-electron chi connectivity index (χ0n) is 18.6. The minimum atomic E-state index is -4.33. The van der Waals surface area contributed by atoms with Crippen LogP contribution in [0.5, 0.6) is 5.75 Å².